The molecule has 1 aromatic rings. The summed E-state index contributed by atoms with van der Waals surface area (Å²) >= 11 is 5.82. The standard InChI is InChI=1S/C12H19ClN4O2/c1-8(2)19-5-4-17(3)12(18)9-6-10(13)15-11(7-9)16-14/h6-8H,4-5,14H2,1-3H3,(H,15,16). The van der Waals surface area contributed by atoms with E-state index in [4.69, 9.17) is 22.2 Å². The van der Waals surface area contributed by atoms with Crippen LogP contribution in [0, 0.1) is 0 Å². The molecule has 0 atom stereocenters. The average molecular weight is 287 g/mol. The molecule has 0 spiro atoms. The Bertz CT molecular complexity index is 440. The number of anilines is 1. The first-order valence-electron chi connectivity index (χ1n) is 5.95. The lowest BCUT2D eigenvalue weighted by molar-refractivity contribution is 0.0532. The fraction of sp³-hybridized carbons (Fsp3) is 0.500. The minimum Gasteiger partial charge on any atom is -0.377 e. The van der Waals surface area contributed by atoms with Gasteiger partial charge in [-0.25, -0.2) is 10.8 Å². The van der Waals surface area contributed by atoms with Gasteiger partial charge in [0, 0.05) is 19.2 Å². The Kier molecular flexibility index (Phi) is 6.01. The summed E-state index contributed by atoms with van der Waals surface area (Å²) in [5.41, 5.74) is 2.80. The van der Waals surface area contributed by atoms with Crippen LogP contribution < -0.4 is 11.3 Å². The van der Waals surface area contributed by atoms with Gasteiger partial charge in [0.1, 0.15) is 11.0 Å². The summed E-state index contributed by atoms with van der Waals surface area (Å²) in [6.45, 7) is 4.89. The quantitative estimate of drug-likeness (QED) is 0.471. The number of rotatable bonds is 6. The molecule has 0 fully saturated rings. The van der Waals surface area contributed by atoms with Gasteiger partial charge in [-0.2, -0.15) is 0 Å². The van der Waals surface area contributed by atoms with Crippen LogP contribution in [-0.4, -0.2) is 42.1 Å². The summed E-state index contributed by atoms with van der Waals surface area (Å²) in [4.78, 5) is 17.6. The molecule has 0 unspecified atom stereocenters. The molecular formula is C12H19ClN4O2. The Labute approximate surface area is 117 Å². The third-order valence-corrected chi connectivity index (χ3v) is 2.61. The van der Waals surface area contributed by atoms with Crippen LogP contribution >= 0.6 is 11.6 Å². The maximum atomic E-state index is 12.2. The number of nitrogens with one attached hydrogen (secondary N) is 1. The summed E-state index contributed by atoms with van der Waals surface area (Å²) < 4.78 is 5.40. The predicted molar refractivity (Wildman–Crippen MR) is 75.1 cm³/mol. The number of amides is 1. The molecule has 1 rings (SSSR count). The number of ether oxygens (including phenoxy) is 1. The lowest BCUT2D eigenvalue weighted by atomic mass is 10.2. The molecule has 6 nitrogen and oxygen atoms in total. The molecule has 0 bridgehead atoms. The second-order valence-electron chi connectivity index (χ2n) is 4.35. The maximum absolute atomic E-state index is 12.2. The molecule has 0 aliphatic rings. The number of likely N-dealkylation sites (N-methyl/N-ethyl adjacent to an activating group) is 1. The second-order valence-corrected chi connectivity index (χ2v) is 4.74. The van der Waals surface area contributed by atoms with Crippen LogP contribution in [0.15, 0.2) is 12.1 Å². The number of nitrogens with zero attached hydrogens (tertiary/aromatic N) is 2. The SMILES string of the molecule is CC(C)OCCN(C)C(=O)c1cc(Cl)nc(NN)c1. The van der Waals surface area contributed by atoms with Gasteiger partial charge in [0.05, 0.1) is 12.7 Å². The zero-order chi connectivity index (χ0) is 14.4. The Morgan fingerprint density at radius 2 is 2.26 bits per heavy atom. The van der Waals surface area contributed by atoms with E-state index in [0.717, 1.165) is 0 Å². The number of hydrogen-bond donors (Lipinski definition) is 2. The number of aromatic nitrogens is 1. The highest BCUT2D eigenvalue weighted by Crippen LogP contribution is 2.15. The predicted octanol–water partition coefficient (Wildman–Crippen LogP) is 1.52. The largest absolute Gasteiger partial charge is 0.377 e. The second kappa shape index (κ2) is 7.28. The summed E-state index contributed by atoms with van der Waals surface area (Å²) in [5, 5.41) is 0.214. The summed E-state index contributed by atoms with van der Waals surface area (Å²) in [5.74, 6) is 5.45. The molecule has 0 aliphatic carbocycles. The molecule has 19 heavy (non-hydrogen) atoms. The fourth-order valence-electron chi connectivity index (χ4n) is 1.44. The molecule has 1 heterocycles. The fourth-order valence-corrected chi connectivity index (χ4v) is 1.65. The van der Waals surface area contributed by atoms with E-state index in [-0.39, 0.29) is 17.2 Å². The van der Waals surface area contributed by atoms with Crippen LogP contribution in [0.25, 0.3) is 0 Å². The highest BCUT2D eigenvalue weighted by molar-refractivity contribution is 6.29. The molecule has 0 aliphatic heterocycles. The van der Waals surface area contributed by atoms with Crippen LogP contribution in [0.2, 0.25) is 5.15 Å². The molecule has 0 saturated heterocycles. The van der Waals surface area contributed by atoms with Crippen molar-refractivity contribution in [3.63, 3.8) is 0 Å². The first-order chi connectivity index (χ1) is 8.93. The van der Waals surface area contributed by atoms with Crippen molar-refractivity contribution in [3.05, 3.63) is 22.8 Å². The van der Waals surface area contributed by atoms with Crippen molar-refractivity contribution in [2.75, 3.05) is 25.6 Å². The number of halogens is 1. The Morgan fingerprint density at radius 1 is 1.58 bits per heavy atom. The minimum absolute atomic E-state index is 0.145. The molecule has 0 aromatic carbocycles. The zero-order valence-corrected chi connectivity index (χ0v) is 12.1. The van der Waals surface area contributed by atoms with Crippen molar-refractivity contribution >= 4 is 23.3 Å². The molecule has 3 N–H and O–H groups in total. The van der Waals surface area contributed by atoms with Gasteiger partial charge in [0.15, 0.2) is 0 Å². The monoisotopic (exact) mass is 286 g/mol. The summed E-state index contributed by atoms with van der Waals surface area (Å²) in [7, 11) is 1.70. The van der Waals surface area contributed by atoms with Crippen molar-refractivity contribution < 1.29 is 9.53 Å². The number of nitrogens with two attached hydrogens (primary N) is 1. The summed E-state index contributed by atoms with van der Waals surface area (Å²) in [6.07, 6.45) is 0.145. The van der Waals surface area contributed by atoms with Crippen LogP contribution in [0.4, 0.5) is 5.82 Å². The molecule has 106 valence electrons. The van der Waals surface area contributed by atoms with Crippen LogP contribution in [0.1, 0.15) is 24.2 Å². The minimum atomic E-state index is -0.159. The van der Waals surface area contributed by atoms with Gasteiger partial charge in [0.2, 0.25) is 0 Å². The highest BCUT2D eigenvalue weighted by atomic mass is 35.5. The Balaban J connectivity index is 2.68. The number of hydrazine groups is 1. The summed E-state index contributed by atoms with van der Waals surface area (Å²) in [6, 6.07) is 3.05. The Hall–Kier alpha value is -1.37. The van der Waals surface area contributed by atoms with E-state index in [0.29, 0.717) is 24.5 Å². The van der Waals surface area contributed by atoms with Crippen molar-refractivity contribution in [1.29, 1.82) is 0 Å². The number of carbonyl (C=O) groups is 1. The molecule has 0 radical (unpaired) electrons. The van der Waals surface area contributed by atoms with Gasteiger partial charge in [-0.1, -0.05) is 11.6 Å². The first-order valence-corrected chi connectivity index (χ1v) is 6.33. The third kappa shape index (κ3) is 5.02. The van der Waals surface area contributed by atoms with Crippen LogP contribution in [-0.2, 0) is 4.74 Å². The average Bonchev–Trinajstić information content (AvgIpc) is 2.36. The highest BCUT2D eigenvalue weighted by Gasteiger charge is 2.13. The van der Waals surface area contributed by atoms with Gasteiger partial charge >= 0.3 is 0 Å². The van der Waals surface area contributed by atoms with Gasteiger partial charge in [-0.05, 0) is 26.0 Å². The molecule has 1 aromatic heterocycles. The smallest absolute Gasteiger partial charge is 0.253 e. The molecule has 1 amide bonds. The van der Waals surface area contributed by atoms with Crippen LogP contribution in [0.3, 0.4) is 0 Å². The van der Waals surface area contributed by atoms with Crippen LogP contribution in [0.5, 0.6) is 0 Å². The topological polar surface area (TPSA) is 80.5 Å². The van der Waals surface area contributed by atoms with Gasteiger partial charge in [-0.3, -0.25) is 4.79 Å². The lowest BCUT2D eigenvalue weighted by Gasteiger charge is -2.18. The van der Waals surface area contributed by atoms with E-state index < -0.39 is 0 Å². The zero-order valence-electron chi connectivity index (χ0n) is 11.3. The Morgan fingerprint density at radius 3 is 2.84 bits per heavy atom. The van der Waals surface area contributed by atoms with Crippen molar-refractivity contribution in [2.24, 2.45) is 5.84 Å². The molecular weight excluding hydrogens is 268 g/mol. The normalized spacial score (nSPS) is 10.6. The molecule has 0 saturated carbocycles. The van der Waals surface area contributed by atoms with Gasteiger partial charge < -0.3 is 15.1 Å². The van der Waals surface area contributed by atoms with E-state index in [1.165, 1.54) is 6.07 Å². The van der Waals surface area contributed by atoms with E-state index in [9.17, 15) is 4.79 Å². The number of nitrogen functional groups attached to an aromatic ring is 1. The number of carbonyl (C=O) groups excluding carboxylic acids is 1. The lowest BCUT2D eigenvalue weighted by Crippen LogP contribution is -2.31. The van der Waals surface area contributed by atoms with E-state index in [2.05, 4.69) is 10.4 Å². The van der Waals surface area contributed by atoms with E-state index in [1.54, 1.807) is 18.0 Å². The van der Waals surface area contributed by atoms with Crippen molar-refractivity contribution in [1.82, 2.24) is 9.88 Å². The third-order valence-electron chi connectivity index (χ3n) is 2.41. The number of pyridine rings is 1. The van der Waals surface area contributed by atoms with Gasteiger partial charge in [-0.15, -0.1) is 0 Å². The van der Waals surface area contributed by atoms with E-state index in [1.807, 2.05) is 13.8 Å². The van der Waals surface area contributed by atoms with Gasteiger partial charge in [0.25, 0.3) is 5.91 Å². The van der Waals surface area contributed by atoms with Crippen molar-refractivity contribution in [2.45, 2.75) is 20.0 Å². The van der Waals surface area contributed by atoms with E-state index >= 15 is 0 Å². The maximum Gasteiger partial charge on any atom is 0.253 e. The number of hydrogen-bond acceptors (Lipinski definition) is 5. The van der Waals surface area contributed by atoms with Crippen molar-refractivity contribution in [3.8, 4) is 0 Å². The first kappa shape index (κ1) is 15.7. The molecule has 7 heteroatoms.